The Balaban J connectivity index is 2.09. The number of nitrogens with two attached hydrogens (primary N) is 1. The summed E-state index contributed by atoms with van der Waals surface area (Å²) < 4.78 is 0. The van der Waals surface area contributed by atoms with E-state index in [1.165, 1.54) is 25.7 Å². The van der Waals surface area contributed by atoms with Crippen molar-refractivity contribution in [2.24, 2.45) is 11.7 Å². The van der Waals surface area contributed by atoms with E-state index in [4.69, 9.17) is 5.73 Å². The normalized spacial score (nSPS) is 16.6. The molecule has 0 spiro atoms. The van der Waals surface area contributed by atoms with Crippen LogP contribution in [-0.2, 0) is 4.79 Å². The fourth-order valence-corrected chi connectivity index (χ4v) is 2.47. The number of amides is 1. The summed E-state index contributed by atoms with van der Waals surface area (Å²) in [4.78, 5) is 13.7. The van der Waals surface area contributed by atoms with Crippen LogP contribution in [0.1, 0.15) is 51.4 Å². The van der Waals surface area contributed by atoms with E-state index in [1.807, 2.05) is 11.9 Å². The number of hydrogen-bond donors (Lipinski definition) is 1. The lowest BCUT2D eigenvalue weighted by atomic mass is 10.1. The maximum absolute atomic E-state index is 11.8. The molecule has 0 aromatic carbocycles. The van der Waals surface area contributed by atoms with Crippen LogP contribution < -0.4 is 5.73 Å². The molecule has 3 nitrogen and oxygen atoms in total. The zero-order valence-electron chi connectivity index (χ0n) is 10.6. The highest BCUT2D eigenvalue weighted by molar-refractivity contribution is 5.75. The van der Waals surface area contributed by atoms with Gasteiger partial charge in [0, 0.05) is 20.0 Å². The highest BCUT2D eigenvalue weighted by Gasteiger charge is 2.18. The molecule has 0 heterocycles. The van der Waals surface area contributed by atoms with Crippen molar-refractivity contribution >= 4 is 5.91 Å². The minimum atomic E-state index is 0.309. The molecule has 0 atom stereocenters. The van der Waals surface area contributed by atoms with Gasteiger partial charge in [-0.05, 0) is 38.1 Å². The van der Waals surface area contributed by atoms with Crippen molar-refractivity contribution in [2.75, 3.05) is 20.1 Å². The van der Waals surface area contributed by atoms with E-state index >= 15 is 0 Å². The standard InChI is InChI=1S/C13H26N2O/c1-15(11-12-7-4-5-8-12)13(16)9-3-2-6-10-14/h12H,2-11,14H2,1H3. The van der Waals surface area contributed by atoms with Crippen molar-refractivity contribution in [3.8, 4) is 0 Å². The highest BCUT2D eigenvalue weighted by atomic mass is 16.2. The molecule has 0 bridgehead atoms. The molecule has 0 saturated heterocycles. The Bertz CT molecular complexity index is 200. The minimum absolute atomic E-state index is 0.309. The second-order valence-corrected chi connectivity index (χ2v) is 5.02. The largest absolute Gasteiger partial charge is 0.345 e. The summed E-state index contributed by atoms with van der Waals surface area (Å²) in [6.07, 6.45) is 9.13. The molecule has 1 aliphatic carbocycles. The first-order valence-electron chi connectivity index (χ1n) is 6.68. The van der Waals surface area contributed by atoms with Gasteiger partial charge in [-0.2, -0.15) is 0 Å². The minimum Gasteiger partial charge on any atom is -0.345 e. The number of nitrogens with zero attached hydrogens (tertiary/aromatic N) is 1. The maximum Gasteiger partial charge on any atom is 0.222 e. The Morgan fingerprint density at radius 2 is 1.94 bits per heavy atom. The van der Waals surface area contributed by atoms with E-state index in [1.54, 1.807) is 0 Å². The molecule has 2 N–H and O–H groups in total. The van der Waals surface area contributed by atoms with Crippen LogP contribution in [0.15, 0.2) is 0 Å². The number of unbranched alkanes of at least 4 members (excludes halogenated alkanes) is 2. The van der Waals surface area contributed by atoms with Gasteiger partial charge in [-0.1, -0.05) is 19.3 Å². The van der Waals surface area contributed by atoms with Crippen molar-refractivity contribution in [3.05, 3.63) is 0 Å². The molecule has 1 amide bonds. The second kappa shape index (κ2) is 7.66. The quantitative estimate of drug-likeness (QED) is 0.676. The lowest BCUT2D eigenvalue weighted by Crippen LogP contribution is -2.30. The second-order valence-electron chi connectivity index (χ2n) is 5.02. The van der Waals surface area contributed by atoms with Gasteiger partial charge in [-0.25, -0.2) is 0 Å². The average molecular weight is 226 g/mol. The summed E-state index contributed by atoms with van der Waals surface area (Å²) in [5.74, 6) is 1.07. The number of carbonyl (C=O) groups excluding carboxylic acids is 1. The molecule has 1 fully saturated rings. The van der Waals surface area contributed by atoms with Crippen LogP contribution in [0.2, 0.25) is 0 Å². The first kappa shape index (κ1) is 13.5. The van der Waals surface area contributed by atoms with Crippen molar-refractivity contribution in [1.82, 2.24) is 4.90 Å². The lowest BCUT2D eigenvalue weighted by Gasteiger charge is -2.21. The Kier molecular flexibility index (Phi) is 6.46. The Morgan fingerprint density at radius 1 is 1.25 bits per heavy atom. The molecule has 1 saturated carbocycles. The van der Waals surface area contributed by atoms with E-state index < -0.39 is 0 Å². The van der Waals surface area contributed by atoms with Gasteiger partial charge in [0.15, 0.2) is 0 Å². The first-order chi connectivity index (χ1) is 7.74. The molecular formula is C13H26N2O. The van der Waals surface area contributed by atoms with E-state index in [0.29, 0.717) is 12.3 Å². The van der Waals surface area contributed by atoms with E-state index in [-0.39, 0.29) is 0 Å². The van der Waals surface area contributed by atoms with Crippen molar-refractivity contribution in [2.45, 2.75) is 51.4 Å². The first-order valence-corrected chi connectivity index (χ1v) is 6.68. The van der Waals surface area contributed by atoms with Crippen LogP contribution in [-0.4, -0.2) is 30.9 Å². The van der Waals surface area contributed by atoms with Gasteiger partial charge < -0.3 is 10.6 Å². The molecule has 0 radical (unpaired) electrons. The molecule has 0 unspecified atom stereocenters. The summed E-state index contributed by atoms with van der Waals surface area (Å²) in [7, 11) is 1.95. The third-order valence-corrected chi connectivity index (χ3v) is 3.53. The van der Waals surface area contributed by atoms with E-state index in [9.17, 15) is 4.79 Å². The molecule has 0 aliphatic heterocycles. The Hall–Kier alpha value is -0.570. The SMILES string of the molecule is CN(CC1CCCC1)C(=O)CCCCCN. The predicted octanol–water partition coefficient (Wildman–Crippen LogP) is 2.15. The average Bonchev–Trinajstić information content (AvgIpc) is 2.76. The third-order valence-electron chi connectivity index (χ3n) is 3.53. The molecule has 1 rings (SSSR count). The van der Waals surface area contributed by atoms with Crippen LogP contribution in [0, 0.1) is 5.92 Å². The van der Waals surface area contributed by atoms with Crippen LogP contribution in [0.4, 0.5) is 0 Å². The monoisotopic (exact) mass is 226 g/mol. The maximum atomic E-state index is 11.8. The number of rotatable bonds is 7. The van der Waals surface area contributed by atoms with Gasteiger partial charge in [0.05, 0.1) is 0 Å². The zero-order chi connectivity index (χ0) is 11.8. The van der Waals surface area contributed by atoms with E-state index in [0.717, 1.165) is 38.3 Å². The smallest absolute Gasteiger partial charge is 0.222 e. The Labute approximate surface area is 99.4 Å². The zero-order valence-corrected chi connectivity index (χ0v) is 10.6. The van der Waals surface area contributed by atoms with Gasteiger partial charge in [-0.15, -0.1) is 0 Å². The molecule has 0 aromatic rings. The number of hydrogen-bond acceptors (Lipinski definition) is 2. The summed E-state index contributed by atoms with van der Waals surface area (Å²) in [5.41, 5.74) is 5.42. The summed E-state index contributed by atoms with van der Waals surface area (Å²) in [5, 5.41) is 0. The van der Waals surface area contributed by atoms with Gasteiger partial charge >= 0.3 is 0 Å². The molecule has 16 heavy (non-hydrogen) atoms. The Morgan fingerprint density at radius 3 is 2.56 bits per heavy atom. The van der Waals surface area contributed by atoms with Crippen molar-refractivity contribution in [1.29, 1.82) is 0 Å². The lowest BCUT2D eigenvalue weighted by molar-refractivity contribution is -0.130. The van der Waals surface area contributed by atoms with Crippen molar-refractivity contribution < 1.29 is 4.79 Å². The molecule has 94 valence electrons. The predicted molar refractivity (Wildman–Crippen MR) is 67.1 cm³/mol. The third kappa shape index (κ3) is 4.97. The molecular weight excluding hydrogens is 200 g/mol. The summed E-state index contributed by atoms with van der Waals surface area (Å²) in [6, 6.07) is 0. The molecule has 0 aromatic heterocycles. The van der Waals surface area contributed by atoms with Crippen LogP contribution >= 0.6 is 0 Å². The highest BCUT2D eigenvalue weighted by Crippen LogP contribution is 2.25. The topological polar surface area (TPSA) is 46.3 Å². The molecule has 1 aliphatic rings. The van der Waals surface area contributed by atoms with Gasteiger partial charge in [0.1, 0.15) is 0 Å². The summed E-state index contributed by atoms with van der Waals surface area (Å²) >= 11 is 0. The van der Waals surface area contributed by atoms with Crippen LogP contribution in [0.25, 0.3) is 0 Å². The van der Waals surface area contributed by atoms with E-state index in [2.05, 4.69) is 0 Å². The fourth-order valence-electron chi connectivity index (χ4n) is 2.47. The van der Waals surface area contributed by atoms with Crippen molar-refractivity contribution in [3.63, 3.8) is 0 Å². The fraction of sp³-hybridized carbons (Fsp3) is 0.923. The van der Waals surface area contributed by atoms with Crippen LogP contribution in [0.3, 0.4) is 0 Å². The van der Waals surface area contributed by atoms with Gasteiger partial charge in [-0.3, -0.25) is 4.79 Å². The van der Waals surface area contributed by atoms with Gasteiger partial charge in [0.25, 0.3) is 0 Å². The molecule has 3 heteroatoms. The van der Waals surface area contributed by atoms with Crippen LogP contribution in [0.5, 0.6) is 0 Å². The summed E-state index contributed by atoms with van der Waals surface area (Å²) in [6.45, 7) is 1.71. The van der Waals surface area contributed by atoms with Gasteiger partial charge in [0.2, 0.25) is 5.91 Å². The number of carbonyl (C=O) groups is 1.